The molecule has 1 aromatic heterocycles. The summed E-state index contributed by atoms with van der Waals surface area (Å²) in [5.74, 6) is 0.338. The van der Waals surface area contributed by atoms with E-state index >= 15 is 0 Å². The van der Waals surface area contributed by atoms with Crippen LogP contribution in [0.1, 0.15) is 69.4 Å². The Balaban J connectivity index is 1.37. The first-order valence-electron chi connectivity index (χ1n) is 12.0. The minimum Gasteiger partial charge on any atom is -0.368 e. The first-order valence-corrected chi connectivity index (χ1v) is 12.0. The maximum atomic E-state index is 12.5. The summed E-state index contributed by atoms with van der Waals surface area (Å²) in [7, 11) is 0. The standard InChI is InChI=1S/C27H37N3O/c1-2-3-4-5-6-7-8-9-27(31)30-22-20-29(21-23-30)26-14-12-24(13-15-26)10-11-25-16-18-28-19-17-25/h10-19H,2-9,20-23H2,1H3/b11-10+. The SMILES string of the molecule is CCCCCCCCCC(=O)N1CCN(c2ccc(/C=C/c3ccncc3)cc2)CC1. The van der Waals surface area contributed by atoms with Gasteiger partial charge in [0.25, 0.3) is 0 Å². The van der Waals surface area contributed by atoms with Crippen LogP contribution in [0, 0.1) is 0 Å². The third-order valence-electron chi connectivity index (χ3n) is 6.06. The molecule has 2 heterocycles. The molecule has 1 aliphatic rings. The van der Waals surface area contributed by atoms with E-state index in [0.717, 1.165) is 38.2 Å². The third-order valence-corrected chi connectivity index (χ3v) is 6.06. The summed E-state index contributed by atoms with van der Waals surface area (Å²) in [6, 6.07) is 12.7. The molecule has 0 unspecified atom stereocenters. The average Bonchev–Trinajstić information content (AvgIpc) is 2.83. The van der Waals surface area contributed by atoms with Crippen LogP contribution in [0.4, 0.5) is 5.69 Å². The molecule has 166 valence electrons. The van der Waals surface area contributed by atoms with Gasteiger partial charge in [-0.3, -0.25) is 9.78 Å². The molecule has 3 rings (SSSR count). The summed E-state index contributed by atoms with van der Waals surface area (Å²) < 4.78 is 0. The molecule has 0 aliphatic carbocycles. The molecule has 4 heteroatoms. The van der Waals surface area contributed by atoms with Crippen LogP contribution in [0.15, 0.2) is 48.8 Å². The van der Waals surface area contributed by atoms with Gasteiger partial charge >= 0.3 is 0 Å². The molecule has 1 saturated heterocycles. The van der Waals surface area contributed by atoms with Gasteiger partial charge in [0.1, 0.15) is 0 Å². The number of unbranched alkanes of at least 4 members (excludes halogenated alkanes) is 6. The number of nitrogens with zero attached hydrogens (tertiary/aromatic N) is 3. The van der Waals surface area contributed by atoms with Gasteiger partial charge in [0.05, 0.1) is 0 Å². The van der Waals surface area contributed by atoms with E-state index < -0.39 is 0 Å². The number of rotatable bonds is 11. The number of anilines is 1. The normalized spacial score (nSPS) is 14.4. The number of hydrogen-bond acceptors (Lipinski definition) is 3. The van der Waals surface area contributed by atoms with E-state index in [1.54, 1.807) is 0 Å². The van der Waals surface area contributed by atoms with Crippen LogP contribution >= 0.6 is 0 Å². The fourth-order valence-electron chi connectivity index (χ4n) is 4.07. The molecule has 0 N–H and O–H groups in total. The van der Waals surface area contributed by atoms with Crippen molar-refractivity contribution in [3.63, 3.8) is 0 Å². The van der Waals surface area contributed by atoms with Gasteiger partial charge in [-0.15, -0.1) is 0 Å². The summed E-state index contributed by atoms with van der Waals surface area (Å²) in [4.78, 5) is 21.0. The third kappa shape index (κ3) is 7.86. The Kier molecular flexibility index (Phi) is 9.62. The Bertz CT molecular complexity index is 793. The lowest BCUT2D eigenvalue weighted by atomic mass is 10.1. The van der Waals surface area contributed by atoms with Crippen LogP contribution in [0.5, 0.6) is 0 Å². The monoisotopic (exact) mass is 419 g/mol. The van der Waals surface area contributed by atoms with Gasteiger partial charge < -0.3 is 9.80 Å². The second-order valence-electron chi connectivity index (χ2n) is 8.44. The van der Waals surface area contributed by atoms with E-state index in [2.05, 4.69) is 58.1 Å². The van der Waals surface area contributed by atoms with Crippen molar-refractivity contribution in [2.24, 2.45) is 0 Å². The van der Waals surface area contributed by atoms with Crippen LogP contribution in [0.2, 0.25) is 0 Å². The molecule has 1 fully saturated rings. The lowest BCUT2D eigenvalue weighted by Gasteiger charge is -2.36. The quantitative estimate of drug-likeness (QED) is 0.417. The highest BCUT2D eigenvalue weighted by Crippen LogP contribution is 2.19. The minimum absolute atomic E-state index is 0.338. The van der Waals surface area contributed by atoms with E-state index in [-0.39, 0.29) is 0 Å². The summed E-state index contributed by atoms with van der Waals surface area (Å²) in [5.41, 5.74) is 3.57. The summed E-state index contributed by atoms with van der Waals surface area (Å²) >= 11 is 0. The molecule has 0 radical (unpaired) electrons. The molecule has 0 saturated carbocycles. The average molecular weight is 420 g/mol. The zero-order valence-corrected chi connectivity index (χ0v) is 19.0. The number of hydrogen-bond donors (Lipinski definition) is 0. The van der Waals surface area contributed by atoms with Crippen molar-refractivity contribution >= 4 is 23.7 Å². The Labute approximate surface area is 188 Å². The first-order chi connectivity index (χ1) is 15.3. The van der Waals surface area contributed by atoms with Gasteiger partial charge in [-0.05, 0) is 41.8 Å². The van der Waals surface area contributed by atoms with E-state index in [1.165, 1.54) is 49.8 Å². The van der Waals surface area contributed by atoms with Gasteiger partial charge in [-0.1, -0.05) is 69.7 Å². The lowest BCUT2D eigenvalue weighted by molar-refractivity contribution is -0.131. The van der Waals surface area contributed by atoms with E-state index in [9.17, 15) is 4.79 Å². The highest BCUT2D eigenvalue weighted by atomic mass is 16.2. The number of pyridine rings is 1. The van der Waals surface area contributed by atoms with Gasteiger partial charge in [-0.25, -0.2) is 0 Å². The summed E-state index contributed by atoms with van der Waals surface area (Å²) in [5, 5.41) is 0. The van der Waals surface area contributed by atoms with Crippen LogP contribution in [-0.2, 0) is 4.79 Å². The molecule has 0 atom stereocenters. The van der Waals surface area contributed by atoms with Crippen LogP contribution in [-0.4, -0.2) is 42.0 Å². The Hall–Kier alpha value is -2.62. The molecule has 1 amide bonds. The maximum absolute atomic E-state index is 12.5. The highest BCUT2D eigenvalue weighted by molar-refractivity contribution is 5.76. The van der Waals surface area contributed by atoms with E-state index in [0.29, 0.717) is 12.3 Å². The largest absolute Gasteiger partial charge is 0.368 e. The van der Waals surface area contributed by atoms with Gasteiger partial charge in [0.2, 0.25) is 5.91 Å². The van der Waals surface area contributed by atoms with Crippen molar-refractivity contribution in [1.82, 2.24) is 9.88 Å². The van der Waals surface area contributed by atoms with Crippen molar-refractivity contribution in [3.8, 4) is 0 Å². The molecule has 0 bridgehead atoms. The van der Waals surface area contributed by atoms with Crippen LogP contribution < -0.4 is 4.90 Å². The molecule has 0 spiro atoms. The van der Waals surface area contributed by atoms with Crippen LogP contribution in [0.3, 0.4) is 0 Å². The molecule has 1 aliphatic heterocycles. The summed E-state index contributed by atoms with van der Waals surface area (Å²) in [6.07, 6.45) is 17.4. The molecule has 2 aromatic rings. The van der Waals surface area contributed by atoms with Crippen molar-refractivity contribution < 1.29 is 4.79 Å². The molecule has 1 aromatic carbocycles. The predicted molar refractivity (Wildman–Crippen MR) is 131 cm³/mol. The highest BCUT2D eigenvalue weighted by Gasteiger charge is 2.20. The number of carbonyl (C=O) groups is 1. The predicted octanol–water partition coefficient (Wildman–Crippen LogP) is 6.04. The smallest absolute Gasteiger partial charge is 0.222 e. The zero-order valence-electron chi connectivity index (χ0n) is 19.0. The van der Waals surface area contributed by atoms with E-state index in [4.69, 9.17) is 0 Å². The van der Waals surface area contributed by atoms with Crippen molar-refractivity contribution in [3.05, 3.63) is 59.9 Å². The fraction of sp³-hybridized carbons (Fsp3) is 0.481. The number of amides is 1. The number of aromatic nitrogens is 1. The van der Waals surface area contributed by atoms with Crippen LogP contribution in [0.25, 0.3) is 12.2 Å². The first kappa shape index (κ1) is 23.1. The van der Waals surface area contributed by atoms with E-state index in [1.807, 2.05) is 24.5 Å². The topological polar surface area (TPSA) is 36.4 Å². The Morgan fingerprint density at radius 2 is 1.39 bits per heavy atom. The number of benzene rings is 1. The number of carbonyl (C=O) groups excluding carboxylic acids is 1. The zero-order chi connectivity index (χ0) is 21.7. The lowest BCUT2D eigenvalue weighted by Crippen LogP contribution is -2.48. The van der Waals surface area contributed by atoms with Crippen molar-refractivity contribution in [2.45, 2.75) is 58.3 Å². The van der Waals surface area contributed by atoms with Crippen molar-refractivity contribution in [2.75, 3.05) is 31.1 Å². The number of piperazine rings is 1. The Morgan fingerprint density at radius 3 is 2.03 bits per heavy atom. The second-order valence-corrected chi connectivity index (χ2v) is 8.44. The molecular weight excluding hydrogens is 382 g/mol. The van der Waals surface area contributed by atoms with Gasteiger partial charge in [0.15, 0.2) is 0 Å². The fourth-order valence-corrected chi connectivity index (χ4v) is 4.07. The van der Waals surface area contributed by atoms with Gasteiger partial charge in [-0.2, -0.15) is 0 Å². The summed E-state index contributed by atoms with van der Waals surface area (Å²) in [6.45, 7) is 5.73. The second kappa shape index (κ2) is 12.9. The molecule has 4 nitrogen and oxygen atoms in total. The Morgan fingerprint density at radius 1 is 0.806 bits per heavy atom. The van der Waals surface area contributed by atoms with Gasteiger partial charge in [0, 0.05) is 50.7 Å². The molecule has 31 heavy (non-hydrogen) atoms. The minimum atomic E-state index is 0.338. The molecular formula is C27H37N3O. The maximum Gasteiger partial charge on any atom is 0.222 e. The van der Waals surface area contributed by atoms with Crippen molar-refractivity contribution in [1.29, 1.82) is 0 Å².